The minimum atomic E-state index is -0.495. The van der Waals surface area contributed by atoms with Crippen LogP contribution in [0.2, 0.25) is 0 Å². The Bertz CT molecular complexity index is 1090. The second kappa shape index (κ2) is 7.52. The number of halogens is 1. The van der Waals surface area contributed by atoms with Gasteiger partial charge in [0.25, 0.3) is 5.91 Å². The zero-order valence-corrected chi connectivity index (χ0v) is 18.6. The molecule has 0 bridgehead atoms. The monoisotopic (exact) mass is 421 g/mol. The number of rotatable bonds is 3. The van der Waals surface area contributed by atoms with E-state index < -0.39 is 17.8 Å². The van der Waals surface area contributed by atoms with Crippen molar-refractivity contribution in [3.8, 4) is 0 Å². The van der Waals surface area contributed by atoms with Gasteiger partial charge in [0.1, 0.15) is 11.5 Å². The van der Waals surface area contributed by atoms with Gasteiger partial charge < -0.3 is 10.2 Å². The number of nitrogens with zero attached hydrogens (tertiary/aromatic N) is 2. The van der Waals surface area contributed by atoms with Crippen molar-refractivity contribution in [3.63, 3.8) is 0 Å². The van der Waals surface area contributed by atoms with Crippen LogP contribution in [0.5, 0.6) is 0 Å². The molecule has 2 aliphatic rings. The van der Waals surface area contributed by atoms with E-state index in [4.69, 9.17) is 0 Å². The first kappa shape index (κ1) is 21.1. The van der Waals surface area contributed by atoms with Gasteiger partial charge in [-0.2, -0.15) is 0 Å². The zero-order valence-electron chi connectivity index (χ0n) is 18.6. The number of urea groups is 1. The fraction of sp³-hybridized carbons (Fsp3) is 0.360. The highest BCUT2D eigenvalue weighted by atomic mass is 19.1. The van der Waals surface area contributed by atoms with Crippen molar-refractivity contribution in [2.24, 2.45) is 0 Å². The van der Waals surface area contributed by atoms with E-state index in [1.807, 2.05) is 38.2 Å². The summed E-state index contributed by atoms with van der Waals surface area (Å²) in [7, 11) is 1.98. The Morgan fingerprint density at radius 2 is 1.87 bits per heavy atom. The molecule has 0 saturated carbocycles. The maximum atomic E-state index is 15.0. The summed E-state index contributed by atoms with van der Waals surface area (Å²) in [4.78, 5) is 28.5. The van der Waals surface area contributed by atoms with Crippen LogP contribution in [0.4, 0.5) is 14.9 Å². The van der Waals surface area contributed by atoms with E-state index in [0.717, 1.165) is 33.7 Å². The van der Waals surface area contributed by atoms with Gasteiger partial charge in [-0.3, -0.25) is 9.69 Å². The number of anilines is 1. The second-order valence-electron chi connectivity index (χ2n) is 9.27. The maximum absolute atomic E-state index is 15.0. The van der Waals surface area contributed by atoms with Crippen molar-refractivity contribution in [3.05, 3.63) is 70.2 Å². The van der Waals surface area contributed by atoms with Crippen molar-refractivity contribution in [1.29, 1.82) is 0 Å². The molecule has 2 aromatic carbocycles. The van der Waals surface area contributed by atoms with Crippen LogP contribution in [-0.4, -0.2) is 29.4 Å². The Morgan fingerprint density at radius 1 is 1.19 bits per heavy atom. The van der Waals surface area contributed by atoms with Crippen molar-refractivity contribution < 1.29 is 14.0 Å². The first-order valence-electron chi connectivity index (χ1n) is 10.5. The number of carbonyl (C=O) groups is 2. The number of imide groups is 1. The Hall–Kier alpha value is -3.15. The average molecular weight is 422 g/mol. The molecule has 2 heterocycles. The zero-order chi connectivity index (χ0) is 22.5. The van der Waals surface area contributed by atoms with Gasteiger partial charge in [0.15, 0.2) is 0 Å². The van der Waals surface area contributed by atoms with Crippen molar-refractivity contribution >= 4 is 23.7 Å². The number of hydrogen-bond donors (Lipinski definition) is 1. The average Bonchev–Trinajstić information content (AvgIpc) is 2.96. The standard InChI is InChI=1S/C25H28FN3O2/c1-15-6-8-17(9-7-15)14-29-23(30)21(27-24(29)31)11-18-10-19-16(2)13-25(3,4)28(5)22(19)12-20(18)26/h6-12,16H,13-14H2,1-5H3,(H,27,31)/b21-11+. The molecular weight excluding hydrogens is 393 g/mol. The van der Waals surface area contributed by atoms with Crippen LogP contribution in [0.15, 0.2) is 42.1 Å². The molecule has 2 aliphatic heterocycles. The third kappa shape index (κ3) is 3.82. The predicted octanol–water partition coefficient (Wildman–Crippen LogP) is 4.95. The van der Waals surface area contributed by atoms with Crippen LogP contribution in [0, 0.1) is 12.7 Å². The molecule has 0 aliphatic carbocycles. The van der Waals surface area contributed by atoms with Crippen molar-refractivity contribution in [1.82, 2.24) is 10.2 Å². The van der Waals surface area contributed by atoms with Gasteiger partial charge in [-0.15, -0.1) is 0 Å². The number of hydrogen-bond acceptors (Lipinski definition) is 3. The highest BCUT2D eigenvalue weighted by molar-refractivity contribution is 6.13. The van der Waals surface area contributed by atoms with E-state index in [1.165, 1.54) is 12.1 Å². The summed E-state index contributed by atoms with van der Waals surface area (Å²) in [6.07, 6.45) is 2.38. The Kier molecular flexibility index (Phi) is 5.12. The largest absolute Gasteiger partial charge is 0.369 e. The van der Waals surface area contributed by atoms with E-state index in [-0.39, 0.29) is 23.7 Å². The third-order valence-electron chi connectivity index (χ3n) is 6.48. The van der Waals surface area contributed by atoms with E-state index in [1.54, 1.807) is 6.07 Å². The lowest BCUT2D eigenvalue weighted by atomic mass is 9.80. The van der Waals surface area contributed by atoms with Crippen LogP contribution >= 0.6 is 0 Å². The number of fused-ring (bicyclic) bond motifs is 1. The summed E-state index contributed by atoms with van der Waals surface area (Å²) < 4.78 is 15.0. The summed E-state index contributed by atoms with van der Waals surface area (Å²) in [6.45, 7) is 8.58. The van der Waals surface area contributed by atoms with Crippen LogP contribution in [0.1, 0.15) is 55.4 Å². The number of carbonyl (C=O) groups excluding carboxylic acids is 2. The molecule has 162 valence electrons. The van der Waals surface area contributed by atoms with Crippen LogP contribution in [0.3, 0.4) is 0 Å². The highest BCUT2D eigenvalue weighted by Crippen LogP contribution is 2.43. The third-order valence-corrected chi connectivity index (χ3v) is 6.48. The van der Waals surface area contributed by atoms with Crippen LogP contribution < -0.4 is 10.2 Å². The van der Waals surface area contributed by atoms with Crippen molar-refractivity contribution in [2.75, 3.05) is 11.9 Å². The first-order valence-corrected chi connectivity index (χ1v) is 10.5. The Morgan fingerprint density at radius 3 is 2.55 bits per heavy atom. The number of benzene rings is 2. The first-order chi connectivity index (χ1) is 14.6. The van der Waals surface area contributed by atoms with Gasteiger partial charge in [0.05, 0.1) is 6.54 Å². The topological polar surface area (TPSA) is 52.7 Å². The lowest BCUT2D eigenvalue weighted by Gasteiger charge is -2.45. The van der Waals surface area contributed by atoms with Gasteiger partial charge in [-0.05, 0) is 62.4 Å². The van der Waals surface area contributed by atoms with E-state index >= 15 is 0 Å². The molecule has 5 nitrogen and oxygen atoms in total. The molecule has 1 saturated heterocycles. The molecule has 1 atom stereocenters. The molecular formula is C25H28FN3O2. The van der Waals surface area contributed by atoms with Crippen LogP contribution in [-0.2, 0) is 11.3 Å². The van der Waals surface area contributed by atoms with E-state index in [9.17, 15) is 14.0 Å². The van der Waals surface area contributed by atoms with Gasteiger partial charge in [0.2, 0.25) is 0 Å². The molecule has 1 fully saturated rings. The molecule has 1 unspecified atom stereocenters. The SMILES string of the molecule is Cc1ccc(CN2C(=O)N/C(=C/c3cc4c(cc3F)N(C)C(C)(C)CC4C)C2=O)cc1. The van der Waals surface area contributed by atoms with E-state index in [2.05, 4.69) is 31.0 Å². The molecule has 4 rings (SSSR count). The molecule has 6 heteroatoms. The maximum Gasteiger partial charge on any atom is 0.329 e. The number of aryl methyl sites for hydroxylation is 1. The second-order valence-corrected chi connectivity index (χ2v) is 9.27. The molecule has 0 aromatic heterocycles. The fourth-order valence-corrected chi connectivity index (χ4v) is 4.46. The van der Waals surface area contributed by atoms with Gasteiger partial charge in [0, 0.05) is 23.8 Å². The smallest absolute Gasteiger partial charge is 0.329 e. The molecule has 1 N–H and O–H groups in total. The Labute approximate surface area is 182 Å². The number of nitrogens with one attached hydrogen (secondary N) is 1. The van der Waals surface area contributed by atoms with Crippen molar-refractivity contribution in [2.45, 2.75) is 52.1 Å². The summed E-state index contributed by atoms with van der Waals surface area (Å²) in [6, 6.07) is 10.5. The molecule has 0 spiro atoms. The summed E-state index contributed by atoms with van der Waals surface area (Å²) in [5.74, 6) is -0.609. The molecule has 31 heavy (non-hydrogen) atoms. The van der Waals surface area contributed by atoms with Gasteiger partial charge >= 0.3 is 6.03 Å². The molecule has 0 radical (unpaired) electrons. The number of amides is 3. The fourth-order valence-electron chi connectivity index (χ4n) is 4.46. The summed E-state index contributed by atoms with van der Waals surface area (Å²) >= 11 is 0. The van der Waals surface area contributed by atoms with Crippen LogP contribution in [0.25, 0.3) is 6.08 Å². The summed E-state index contributed by atoms with van der Waals surface area (Å²) in [5.41, 5.74) is 4.20. The Balaban J connectivity index is 1.63. The van der Waals surface area contributed by atoms with Gasteiger partial charge in [-0.25, -0.2) is 9.18 Å². The molecule has 3 amide bonds. The predicted molar refractivity (Wildman–Crippen MR) is 120 cm³/mol. The minimum absolute atomic E-state index is 0.0648. The summed E-state index contributed by atoms with van der Waals surface area (Å²) in [5, 5.41) is 2.60. The normalized spacial score (nSPS) is 21.5. The highest BCUT2D eigenvalue weighted by Gasteiger charge is 2.36. The molecule has 2 aromatic rings. The lowest BCUT2D eigenvalue weighted by molar-refractivity contribution is -0.123. The van der Waals surface area contributed by atoms with Gasteiger partial charge in [-0.1, -0.05) is 36.8 Å². The van der Waals surface area contributed by atoms with E-state index in [0.29, 0.717) is 5.56 Å². The quantitative estimate of drug-likeness (QED) is 0.564. The lowest BCUT2D eigenvalue weighted by Crippen LogP contribution is -2.45. The minimum Gasteiger partial charge on any atom is -0.369 e.